The van der Waals surface area contributed by atoms with E-state index < -0.39 is 0 Å². The van der Waals surface area contributed by atoms with Crippen LogP contribution in [0.5, 0.6) is 0 Å². The number of aromatic nitrogens is 1. The lowest BCUT2D eigenvalue weighted by atomic mass is 10.2. The number of anilines is 2. The number of hydrogen-bond donors (Lipinski definition) is 2. The lowest BCUT2D eigenvalue weighted by Crippen LogP contribution is -2.26. The Morgan fingerprint density at radius 2 is 1.89 bits per heavy atom. The van der Waals surface area contributed by atoms with Crippen molar-refractivity contribution in [3.8, 4) is 0 Å². The first-order valence-electron chi connectivity index (χ1n) is 9.51. The van der Waals surface area contributed by atoms with E-state index in [1.807, 2.05) is 43.3 Å². The van der Waals surface area contributed by atoms with Crippen molar-refractivity contribution in [1.29, 1.82) is 0 Å². The van der Waals surface area contributed by atoms with Crippen molar-refractivity contribution in [2.45, 2.75) is 26.3 Å². The summed E-state index contributed by atoms with van der Waals surface area (Å²) in [4.78, 5) is 30.7. The van der Waals surface area contributed by atoms with Gasteiger partial charge in [0.25, 0.3) is 0 Å². The molecule has 1 aliphatic heterocycles. The average Bonchev–Trinajstić information content (AvgIpc) is 3.21. The van der Waals surface area contributed by atoms with Crippen LogP contribution < -0.4 is 15.5 Å². The van der Waals surface area contributed by atoms with Crippen molar-refractivity contribution >= 4 is 35.1 Å². The fourth-order valence-electron chi connectivity index (χ4n) is 3.10. The zero-order valence-electron chi connectivity index (χ0n) is 16.1. The molecule has 28 heavy (non-hydrogen) atoms. The molecule has 0 atom stereocenters. The number of nitrogens with one attached hydrogen (secondary N) is 2. The standard InChI is InChI=1S/C21H26N4O2S/c1-16-5-4-6-18(11-16)24-21(27)15-28-14-20(26)23-13-17-7-8-22-19(12-17)25-9-2-3-10-25/h4-8,11-12H,2-3,9-10,13-15H2,1H3,(H,23,26)(H,24,27). The quantitative estimate of drug-likeness (QED) is 0.715. The normalized spacial score (nSPS) is 13.4. The third-order valence-electron chi connectivity index (χ3n) is 4.50. The summed E-state index contributed by atoms with van der Waals surface area (Å²) >= 11 is 1.31. The molecular formula is C21H26N4O2S. The maximum Gasteiger partial charge on any atom is 0.234 e. The Morgan fingerprint density at radius 3 is 2.68 bits per heavy atom. The van der Waals surface area contributed by atoms with Gasteiger partial charge in [-0.3, -0.25) is 9.59 Å². The largest absolute Gasteiger partial charge is 0.357 e. The lowest BCUT2D eigenvalue weighted by molar-refractivity contribution is -0.118. The molecule has 2 heterocycles. The number of hydrogen-bond acceptors (Lipinski definition) is 5. The molecule has 7 heteroatoms. The Labute approximate surface area is 170 Å². The highest BCUT2D eigenvalue weighted by Crippen LogP contribution is 2.18. The van der Waals surface area contributed by atoms with Crippen LogP contribution in [0.15, 0.2) is 42.6 Å². The minimum absolute atomic E-state index is 0.0760. The summed E-state index contributed by atoms with van der Waals surface area (Å²) in [6.45, 7) is 4.54. The van der Waals surface area contributed by atoms with Gasteiger partial charge in [0.05, 0.1) is 11.5 Å². The molecule has 1 fully saturated rings. The molecule has 0 unspecified atom stereocenters. The van der Waals surface area contributed by atoms with Crippen LogP contribution in [-0.2, 0) is 16.1 Å². The minimum atomic E-state index is -0.104. The smallest absolute Gasteiger partial charge is 0.234 e. The monoisotopic (exact) mass is 398 g/mol. The summed E-state index contributed by atoms with van der Waals surface area (Å²) in [7, 11) is 0. The fraction of sp³-hybridized carbons (Fsp3) is 0.381. The molecule has 6 nitrogen and oxygen atoms in total. The molecule has 0 saturated carbocycles. The first kappa shape index (κ1) is 20.2. The van der Waals surface area contributed by atoms with Crippen molar-refractivity contribution in [3.63, 3.8) is 0 Å². The number of aryl methyl sites for hydroxylation is 1. The van der Waals surface area contributed by atoms with E-state index in [0.717, 1.165) is 35.7 Å². The van der Waals surface area contributed by atoms with Crippen molar-refractivity contribution in [3.05, 3.63) is 53.7 Å². The number of nitrogens with zero attached hydrogens (tertiary/aromatic N) is 2. The number of amides is 2. The second-order valence-corrected chi connectivity index (χ2v) is 7.89. The maximum atomic E-state index is 12.1. The maximum absolute atomic E-state index is 12.1. The predicted molar refractivity (Wildman–Crippen MR) is 115 cm³/mol. The molecule has 1 aliphatic rings. The summed E-state index contributed by atoms with van der Waals surface area (Å²) in [6, 6.07) is 11.6. The highest BCUT2D eigenvalue weighted by molar-refractivity contribution is 8.00. The van der Waals surface area contributed by atoms with Gasteiger partial charge in [-0.15, -0.1) is 11.8 Å². The minimum Gasteiger partial charge on any atom is -0.357 e. The molecule has 3 rings (SSSR count). The van der Waals surface area contributed by atoms with Gasteiger partial charge in [0.2, 0.25) is 11.8 Å². The van der Waals surface area contributed by atoms with Gasteiger partial charge in [0, 0.05) is 31.5 Å². The number of carbonyl (C=O) groups excluding carboxylic acids is 2. The van der Waals surface area contributed by atoms with Crippen LogP contribution in [0.1, 0.15) is 24.0 Å². The topological polar surface area (TPSA) is 74.3 Å². The van der Waals surface area contributed by atoms with E-state index in [0.29, 0.717) is 6.54 Å². The SMILES string of the molecule is Cc1cccc(NC(=O)CSCC(=O)NCc2ccnc(N3CCCC3)c2)c1. The van der Waals surface area contributed by atoms with Crippen LogP contribution in [0.2, 0.25) is 0 Å². The second-order valence-electron chi connectivity index (χ2n) is 6.90. The van der Waals surface area contributed by atoms with Crippen molar-refractivity contribution in [2.75, 3.05) is 34.8 Å². The van der Waals surface area contributed by atoms with Gasteiger partial charge in [0.15, 0.2) is 0 Å². The molecule has 1 aromatic carbocycles. The van der Waals surface area contributed by atoms with Gasteiger partial charge in [0.1, 0.15) is 5.82 Å². The first-order valence-corrected chi connectivity index (χ1v) is 10.7. The van der Waals surface area contributed by atoms with E-state index in [-0.39, 0.29) is 23.3 Å². The van der Waals surface area contributed by atoms with Crippen molar-refractivity contribution in [1.82, 2.24) is 10.3 Å². The van der Waals surface area contributed by atoms with E-state index in [1.165, 1.54) is 24.6 Å². The fourth-order valence-corrected chi connectivity index (χ4v) is 3.74. The molecule has 148 valence electrons. The Kier molecular flexibility index (Phi) is 7.31. The summed E-state index contributed by atoms with van der Waals surface area (Å²) in [5.41, 5.74) is 2.91. The Morgan fingerprint density at radius 1 is 1.11 bits per heavy atom. The zero-order valence-corrected chi connectivity index (χ0v) is 16.9. The Hall–Kier alpha value is -2.54. The van der Waals surface area contributed by atoms with E-state index >= 15 is 0 Å². The molecule has 0 bridgehead atoms. The van der Waals surface area contributed by atoms with Gasteiger partial charge < -0.3 is 15.5 Å². The molecule has 2 aromatic rings. The van der Waals surface area contributed by atoms with Crippen LogP contribution in [0.25, 0.3) is 0 Å². The van der Waals surface area contributed by atoms with E-state index in [2.05, 4.69) is 20.5 Å². The summed E-state index contributed by atoms with van der Waals surface area (Å²) in [5.74, 6) is 1.30. The number of carbonyl (C=O) groups is 2. The molecule has 1 saturated heterocycles. The predicted octanol–water partition coefficient (Wildman–Crippen LogP) is 2.98. The van der Waals surface area contributed by atoms with Gasteiger partial charge in [-0.2, -0.15) is 0 Å². The van der Waals surface area contributed by atoms with Crippen LogP contribution in [0.3, 0.4) is 0 Å². The highest BCUT2D eigenvalue weighted by atomic mass is 32.2. The summed E-state index contributed by atoms with van der Waals surface area (Å²) in [6.07, 6.45) is 4.20. The van der Waals surface area contributed by atoms with E-state index in [1.54, 1.807) is 6.20 Å². The zero-order chi connectivity index (χ0) is 19.8. The third kappa shape index (κ3) is 6.27. The Bertz CT molecular complexity index is 822. The summed E-state index contributed by atoms with van der Waals surface area (Å²) < 4.78 is 0. The van der Waals surface area contributed by atoms with E-state index in [4.69, 9.17) is 0 Å². The molecule has 0 aliphatic carbocycles. The molecule has 0 spiro atoms. The van der Waals surface area contributed by atoms with Gasteiger partial charge in [-0.05, 0) is 55.2 Å². The molecular weight excluding hydrogens is 372 g/mol. The van der Waals surface area contributed by atoms with Crippen LogP contribution in [-0.4, -0.2) is 41.4 Å². The van der Waals surface area contributed by atoms with Gasteiger partial charge >= 0.3 is 0 Å². The number of rotatable bonds is 8. The van der Waals surface area contributed by atoms with Crippen molar-refractivity contribution < 1.29 is 9.59 Å². The molecule has 0 radical (unpaired) electrons. The van der Waals surface area contributed by atoms with Crippen LogP contribution in [0.4, 0.5) is 11.5 Å². The van der Waals surface area contributed by atoms with E-state index in [9.17, 15) is 9.59 Å². The number of benzene rings is 1. The third-order valence-corrected chi connectivity index (χ3v) is 5.43. The molecule has 2 amide bonds. The number of thioether (sulfide) groups is 1. The van der Waals surface area contributed by atoms with Crippen LogP contribution in [0, 0.1) is 6.92 Å². The van der Waals surface area contributed by atoms with Gasteiger partial charge in [-0.1, -0.05) is 12.1 Å². The highest BCUT2D eigenvalue weighted by Gasteiger charge is 2.13. The molecule has 1 aromatic heterocycles. The Balaban J connectivity index is 1.36. The summed E-state index contributed by atoms with van der Waals surface area (Å²) in [5, 5.41) is 5.75. The molecule has 2 N–H and O–H groups in total. The average molecular weight is 399 g/mol. The number of pyridine rings is 1. The lowest BCUT2D eigenvalue weighted by Gasteiger charge is -2.17. The van der Waals surface area contributed by atoms with Crippen molar-refractivity contribution in [2.24, 2.45) is 0 Å². The van der Waals surface area contributed by atoms with Gasteiger partial charge in [-0.25, -0.2) is 4.98 Å². The van der Waals surface area contributed by atoms with Crippen LogP contribution >= 0.6 is 11.8 Å². The first-order chi connectivity index (χ1) is 13.6. The second kappa shape index (κ2) is 10.1.